The van der Waals surface area contributed by atoms with E-state index in [1.54, 1.807) is 35.3 Å². The van der Waals surface area contributed by atoms with Gasteiger partial charge in [0, 0.05) is 75.8 Å². The van der Waals surface area contributed by atoms with Crippen LogP contribution in [0.1, 0.15) is 75.0 Å². The minimum Gasteiger partial charge on any atom is -0.378 e. The summed E-state index contributed by atoms with van der Waals surface area (Å²) in [5.74, 6) is -1.33. The molecule has 0 unspecified atom stereocenters. The maximum atomic E-state index is 13.3. The minimum absolute atomic E-state index is 0.0392. The molecule has 4 heterocycles. The number of benzene rings is 1. The first-order valence-corrected chi connectivity index (χ1v) is 20.9. The van der Waals surface area contributed by atoms with Crippen molar-refractivity contribution in [2.75, 3.05) is 51.8 Å². The van der Waals surface area contributed by atoms with Crippen LogP contribution in [-0.2, 0) is 39.6 Å². The summed E-state index contributed by atoms with van der Waals surface area (Å²) in [4.78, 5) is 79.3. The second-order valence-corrected chi connectivity index (χ2v) is 16.2. The molecule has 328 valence electrons. The van der Waals surface area contributed by atoms with Gasteiger partial charge in [0.2, 0.25) is 29.5 Å². The van der Waals surface area contributed by atoms with E-state index in [2.05, 4.69) is 36.2 Å². The quantitative estimate of drug-likeness (QED) is 0.146. The molecule has 0 bridgehead atoms. The molecule has 61 heavy (non-hydrogen) atoms. The fourth-order valence-corrected chi connectivity index (χ4v) is 8.64. The van der Waals surface area contributed by atoms with E-state index in [9.17, 15) is 37.1 Å². The Hall–Kier alpha value is -5.43. The van der Waals surface area contributed by atoms with Gasteiger partial charge >= 0.3 is 6.18 Å². The molecule has 0 radical (unpaired) electrons. The van der Waals surface area contributed by atoms with E-state index in [0.717, 1.165) is 43.4 Å². The van der Waals surface area contributed by atoms with E-state index < -0.39 is 23.7 Å². The number of pyridine rings is 1. The van der Waals surface area contributed by atoms with Crippen LogP contribution in [0.15, 0.2) is 49.1 Å². The van der Waals surface area contributed by atoms with Crippen molar-refractivity contribution in [2.24, 2.45) is 11.8 Å². The molecule has 4 aliphatic rings. The van der Waals surface area contributed by atoms with E-state index in [0.29, 0.717) is 51.1 Å². The predicted octanol–water partition coefficient (Wildman–Crippen LogP) is 3.14. The molecule has 7 rings (SSSR count). The van der Waals surface area contributed by atoms with Gasteiger partial charge in [-0.05, 0) is 74.8 Å². The summed E-state index contributed by atoms with van der Waals surface area (Å²) in [5, 5.41) is 11.9. The van der Waals surface area contributed by atoms with Crippen molar-refractivity contribution in [2.45, 2.75) is 94.3 Å². The number of halogens is 3. The Kier molecular flexibility index (Phi) is 14.0. The molecule has 5 amide bonds. The molecule has 4 fully saturated rings. The number of hydrogen-bond donors (Lipinski definition) is 4. The van der Waals surface area contributed by atoms with Crippen LogP contribution in [0, 0.1) is 11.8 Å². The largest absolute Gasteiger partial charge is 0.416 e. The van der Waals surface area contributed by atoms with Gasteiger partial charge in [0.15, 0.2) is 0 Å². The van der Waals surface area contributed by atoms with E-state index >= 15 is 0 Å². The van der Waals surface area contributed by atoms with Gasteiger partial charge in [-0.15, -0.1) is 0 Å². The Morgan fingerprint density at radius 1 is 0.918 bits per heavy atom. The smallest absolute Gasteiger partial charge is 0.378 e. The number of carbonyl (C=O) groups excluding carboxylic acids is 5. The van der Waals surface area contributed by atoms with Crippen LogP contribution in [0.3, 0.4) is 0 Å². The Morgan fingerprint density at radius 3 is 2.38 bits per heavy atom. The number of rotatable bonds is 17. The molecule has 16 nitrogen and oxygen atoms in total. The number of alkyl halides is 3. The third kappa shape index (κ3) is 10.9. The number of hydrogen-bond acceptors (Lipinski definition) is 11. The van der Waals surface area contributed by atoms with Crippen molar-refractivity contribution < 1.29 is 46.6 Å². The van der Waals surface area contributed by atoms with Gasteiger partial charge < -0.3 is 40.5 Å². The number of carbonyl (C=O) groups is 5. The van der Waals surface area contributed by atoms with Crippen molar-refractivity contribution in [3.05, 3.63) is 60.2 Å². The average Bonchev–Trinajstić information content (AvgIpc) is 3.73. The first-order valence-electron chi connectivity index (χ1n) is 20.9. The first kappa shape index (κ1) is 43.7. The summed E-state index contributed by atoms with van der Waals surface area (Å²) >= 11 is 0. The average molecular weight is 852 g/mol. The first-order chi connectivity index (χ1) is 29.3. The molecule has 2 saturated carbocycles. The van der Waals surface area contributed by atoms with Crippen LogP contribution in [-0.4, -0.2) is 125 Å². The number of ether oxygens (including phenoxy) is 2. The Balaban J connectivity index is 0.711. The van der Waals surface area contributed by atoms with Crippen LogP contribution in [0.2, 0.25) is 0 Å². The Bertz CT molecular complexity index is 2050. The molecule has 2 saturated heterocycles. The SMILES string of the molecule is CN1C(=O)C[C@H](C(=O)NCCO[C@H]2CC[C@H](OCCC(=O)N[C@H]3C[C@H](C(=O)NCCN4CC[C@H](Nc5ncnc6ccc(C(F)(F)F)cc56)C4=O)C3)CC2)[C@H]1c1cccnc1. The highest BCUT2D eigenvalue weighted by Gasteiger charge is 2.43. The van der Waals surface area contributed by atoms with Gasteiger partial charge in [-0.1, -0.05) is 6.07 Å². The second-order valence-electron chi connectivity index (χ2n) is 16.2. The van der Waals surface area contributed by atoms with Gasteiger partial charge in [-0.3, -0.25) is 29.0 Å². The maximum Gasteiger partial charge on any atom is 0.416 e. The van der Waals surface area contributed by atoms with Crippen molar-refractivity contribution in [1.29, 1.82) is 0 Å². The third-order valence-electron chi connectivity index (χ3n) is 12.1. The lowest BCUT2D eigenvalue weighted by Gasteiger charge is -2.35. The maximum absolute atomic E-state index is 13.3. The number of anilines is 1. The van der Waals surface area contributed by atoms with E-state index in [4.69, 9.17) is 9.47 Å². The van der Waals surface area contributed by atoms with Crippen molar-refractivity contribution in [3.63, 3.8) is 0 Å². The summed E-state index contributed by atoms with van der Waals surface area (Å²) in [6, 6.07) is 5.75. The number of fused-ring (bicyclic) bond motifs is 1. The molecule has 2 aromatic heterocycles. The molecule has 3 atom stereocenters. The number of amides is 5. The van der Waals surface area contributed by atoms with Gasteiger partial charge in [-0.25, -0.2) is 9.97 Å². The topological polar surface area (TPSA) is 197 Å². The summed E-state index contributed by atoms with van der Waals surface area (Å²) < 4.78 is 51.9. The lowest BCUT2D eigenvalue weighted by molar-refractivity contribution is -0.137. The predicted molar refractivity (Wildman–Crippen MR) is 214 cm³/mol. The van der Waals surface area contributed by atoms with Gasteiger partial charge in [0.1, 0.15) is 18.2 Å². The van der Waals surface area contributed by atoms with Crippen molar-refractivity contribution in [3.8, 4) is 0 Å². The fraction of sp³-hybridized carbons (Fsp3) is 0.571. The van der Waals surface area contributed by atoms with Crippen molar-refractivity contribution >= 4 is 46.3 Å². The highest BCUT2D eigenvalue weighted by molar-refractivity contribution is 5.93. The van der Waals surface area contributed by atoms with Gasteiger partial charge in [0.25, 0.3) is 0 Å². The lowest BCUT2D eigenvalue weighted by Crippen LogP contribution is -2.50. The van der Waals surface area contributed by atoms with Crippen LogP contribution >= 0.6 is 0 Å². The summed E-state index contributed by atoms with van der Waals surface area (Å²) in [6.45, 7) is 1.96. The monoisotopic (exact) mass is 851 g/mol. The molecule has 3 aromatic rings. The third-order valence-corrected chi connectivity index (χ3v) is 12.1. The Labute approximate surface area is 351 Å². The molecule has 0 spiro atoms. The number of likely N-dealkylation sites (tertiary alicyclic amines) is 2. The molecule has 2 aliphatic carbocycles. The molecule has 19 heteroatoms. The molecular formula is C42H52F3N9O7. The van der Waals surface area contributed by atoms with E-state index in [1.165, 1.54) is 12.4 Å². The second kappa shape index (κ2) is 19.5. The summed E-state index contributed by atoms with van der Waals surface area (Å²) in [7, 11) is 1.71. The zero-order valence-electron chi connectivity index (χ0n) is 34.0. The molecule has 4 N–H and O–H groups in total. The van der Waals surface area contributed by atoms with Gasteiger partial charge in [0.05, 0.1) is 48.5 Å². The highest BCUT2D eigenvalue weighted by atomic mass is 19.4. The van der Waals surface area contributed by atoms with Crippen LogP contribution < -0.4 is 21.3 Å². The highest BCUT2D eigenvalue weighted by Crippen LogP contribution is 2.37. The van der Waals surface area contributed by atoms with Crippen LogP contribution in [0.5, 0.6) is 0 Å². The van der Waals surface area contributed by atoms with Crippen LogP contribution in [0.4, 0.5) is 19.0 Å². The number of nitrogens with zero attached hydrogens (tertiary/aromatic N) is 5. The van der Waals surface area contributed by atoms with Crippen molar-refractivity contribution in [1.82, 2.24) is 40.7 Å². The summed E-state index contributed by atoms with van der Waals surface area (Å²) in [5.41, 5.74) is 0.320. The molecule has 1 aromatic carbocycles. The number of nitrogens with one attached hydrogen (secondary N) is 4. The zero-order valence-corrected chi connectivity index (χ0v) is 34.0. The lowest BCUT2D eigenvalue weighted by atomic mass is 9.79. The molecular weight excluding hydrogens is 800 g/mol. The molecule has 2 aliphatic heterocycles. The zero-order chi connectivity index (χ0) is 43.1. The van der Waals surface area contributed by atoms with Gasteiger partial charge in [-0.2, -0.15) is 13.2 Å². The fourth-order valence-electron chi connectivity index (χ4n) is 8.64. The van der Waals surface area contributed by atoms with E-state index in [-0.39, 0.29) is 96.9 Å². The van der Waals surface area contributed by atoms with E-state index in [1.807, 2.05) is 6.07 Å². The minimum atomic E-state index is -4.53. The number of aromatic nitrogens is 3. The normalized spacial score (nSPS) is 25.3. The Morgan fingerprint density at radius 2 is 1.66 bits per heavy atom. The van der Waals surface area contributed by atoms with Crippen LogP contribution in [0.25, 0.3) is 10.9 Å². The summed E-state index contributed by atoms with van der Waals surface area (Å²) in [6.07, 6.45) is 5.22. The standard InChI is InChI=1S/C42H52F3N9O7/c1-53-36(56)22-32(37(53)25-3-2-12-46-23-25)40(58)48-14-18-61-30-7-5-29(6-8-30)60-17-11-35(55)51-28-19-26(20-28)39(57)47-13-16-54-15-10-34(41(54)59)52-38-31-21-27(42(43,44)45)4-9-33(31)49-24-50-38/h2-4,9,12,21,23-24,26,28-30,32,34,37H,5-8,10-11,13-20,22H2,1H3,(H,47,57)(H,48,58)(H,51,55)(H,49,50,52)/t26-,28-,29-,30-,32-,34-,37+/m0/s1.